The Morgan fingerprint density at radius 3 is 2.71 bits per heavy atom. The van der Waals surface area contributed by atoms with E-state index in [-0.39, 0.29) is 0 Å². The molecule has 2 atom stereocenters. The molecule has 1 aliphatic rings. The third kappa shape index (κ3) is 3.29. The Morgan fingerprint density at radius 1 is 1.29 bits per heavy atom. The van der Waals surface area contributed by atoms with E-state index in [0.717, 1.165) is 40.9 Å². The number of aromatic nitrogens is 1. The number of rotatable bonds is 3. The lowest BCUT2D eigenvalue weighted by molar-refractivity contribution is 0.107. The third-order valence-electron chi connectivity index (χ3n) is 4.01. The molecule has 1 N–H and O–H groups in total. The van der Waals surface area contributed by atoms with Gasteiger partial charge in [-0.15, -0.1) is 11.3 Å². The van der Waals surface area contributed by atoms with E-state index in [9.17, 15) is 0 Å². The van der Waals surface area contributed by atoms with Crippen LogP contribution in [0.3, 0.4) is 0 Å². The van der Waals surface area contributed by atoms with Crippen LogP contribution in [0.5, 0.6) is 0 Å². The van der Waals surface area contributed by atoms with Crippen molar-refractivity contribution in [1.29, 1.82) is 0 Å². The molecule has 1 fully saturated rings. The van der Waals surface area contributed by atoms with Crippen LogP contribution in [0.4, 0.5) is 0 Å². The molecule has 1 saturated heterocycles. The summed E-state index contributed by atoms with van der Waals surface area (Å²) in [6.07, 6.45) is 0. The van der Waals surface area contributed by atoms with Crippen molar-refractivity contribution in [2.45, 2.75) is 32.5 Å². The minimum Gasteiger partial charge on any atom is -0.314 e. The van der Waals surface area contributed by atoms with Gasteiger partial charge in [0.2, 0.25) is 0 Å². The van der Waals surface area contributed by atoms with E-state index >= 15 is 0 Å². The molecule has 2 heterocycles. The van der Waals surface area contributed by atoms with Crippen LogP contribution in [0.1, 0.15) is 19.5 Å². The van der Waals surface area contributed by atoms with Gasteiger partial charge in [-0.2, -0.15) is 0 Å². The summed E-state index contributed by atoms with van der Waals surface area (Å²) < 4.78 is 0. The average Bonchev–Trinajstić information content (AvgIpc) is 2.92. The highest BCUT2D eigenvalue weighted by atomic mass is 35.5. The van der Waals surface area contributed by atoms with Gasteiger partial charge in [0.05, 0.1) is 10.7 Å². The maximum absolute atomic E-state index is 6.25. The SMILES string of the molecule is CC1CNCC(C)N1Cc1csc(-c2ccccc2Cl)n1. The Balaban J connectivity index is 1.78. The molecule has 3 nitrogen and oxygen atoms in total. The van der Waals surface area contributed by atoms with Crippen LogP contribution in [0.15, 0.2) is 29.6 Å². The van der Waals surface area contributed by atoms with E-state index < -0.39 is 0 Å². The molecular weight excluding hydrogens is 302 g/mol. The molecule has 1 aromatic heterocycles. The molecule has 0 saturated carbocycles. The molecule has 2 unspecified atom stereocenters. The minimum absolute atomic E-state index is 0.541. The fourth-order valence-corrected chi connectivity index (χ4v) is 3.94. The molecule has 1 aliphatic heterocycles. The highest BCUT2D eigenvalue weighted by molar-refractivity contribution is 7.13. The zero-order valence-electron chi connectivity index (χ0n) is 12.3. The minimum atomic E-state index is 0.541. The zero-order valence-corrected chi connectivity index (χ0v) is 13.9. The first-order valence-corrected chi connectivity index (χ1v) is 8.56. The number of nitrogens with zero attached hydrogens (tertiary/aromatic N) is 2. The predicted molar refractivity (Wildman–Crippen MR) is 89.9 cm³/mol. The van der Waals surface area contributed by atoms with Gasteiger partial charge < -0.3 is 5.32 Å². The van der Waals surface area contributed by atoms with Crippen LogP contribution < -0.4 is 5.32 Å². The van der Waals surface area contributed by atoms with Crippen molar-refractivity contribution in [2.24, 2.45) is 0 Å². The summed E-state index contributed by atoms with van der Waals surface area (Å²) in [5, 5.41) is 7.39. The van der Waals surface area contributed by atoms with Crippen LogP contribution in [0, 0.1) is 0 Å². The van der Waals surface area contributed by atoms with Gasteiger partial charge >= 0.3 is 0 Å². The van der Waals surface area contributed by atoms with E-state index in [2.05, 4.69) is 29.4 Å². The molecule has 5 heteroatoms. The number of hydrogen-bond donors (Lipinski definition) is 1. The Bertz CT molecular complexity index is 603. The maximum Gasteiger partial charge on any atom is 0.125 e. The zero-order chi connectivity index (χ0) is 14.8. The van der Waals surface area contributed by atoms with Gasteiger partial charge in [0, 0.05) is 42.7 Å². The Morgan fingerprint density at radius 2 is 2.00 bits per heavy atom. The fourth-order valence-electron chi connectivity index (χ4n) is 2.81. The molecule has 21 heavy (non-hydrogen) atoms. The molecule has 0 amide bonds. The van der Waals surface area contributed by atoms with Gasteiger partial charge in [0.15, 0.2) is 0 Å². The molecule has 0 aliphatic carbocycles. The quantitative estimate of drug-likeness (QED) is 0.935. The van der Waals surface area contributed by atoms with E-state index in [1.54, 1.807) is 11.3 Å². The van der Waals surface area contributed by atoms with Crippen LogP contribution >= 0.6 is 22.9 Å². The molecule has 2 aromatic rings. The van der Waals surface area contributed by atoms with Gasteiger partial charge in [-0.1, -0.05) is 29.8 Å². The first-order valence-electron chi connectivity index (χ1n) is 7.31. The van der Waals surface area contributed by atoms with Gasteiger partial charge in [-0.05, 0) is 19.9 Å². The molecule has 0 bridgehead atoms. The van der Waals surface area contributed by atoms with Gasteiger partial charge in [0.25, 0.3) is 0 Å². The second kappa shape index (κ2) is 6.44. The number of nitrogens with one attached hydrogen (secondary N) is 1. The van der Waals surface area contributed by atoms with Gasteiger partial charge in [0.1, 0.15) is 5.01 Å². The van der Waals surface area contributed by atoms with E-state index in [1.165, 1.54) is 0 Å². The maximum atomic E-state index is 6.25. The Labute approximate surface area is 135 Å². The number of halogens is 1. The summed E-state index contributed by atoms with van der Waals surface area (Å²) in [7, 11) is 0. The summed E-state index contributed by atoms with van der Waals surface area (Å²) in [5.41, 5.74) is 2.16. The van der Waals surface area contributed by atoms with Crippen molar-refractivity contribution in [2.75, 3.05) is 13.1 Å². The first kappa shape index (κ1) is 15.0. The van der Waals surface area contributed by atoms with Crippen LogP contribution in [-0.2, 0) is 6.54 Å². The smallest absolute Gasteiger partial charge is 0.125 e. The predicted octanol–water partition coefficient (Wildman–Crippen LogP) is 3.65. The molecule has 112 valence electrons. The fraction of sp³-hybridized carbons (Fsp3) is 0.438. The highest BCUT2D eigenvalue weighted by Gasteiger charge is 2.25. The summed E-state index contributed by atoms with van der Waals surface area (Å²) >= 11 is 7.92. The molecule has 0 radical (unpaired) electrons. The second-order valence-electron chi connectivity index (χ2n) is 5.65. The van der Waals surface area contributed by atoms with Crippen molar-refractivity contribution in [3.05, 3.63) is 40.4 Å². The van der Waals surface area contributed by atoms with Crippen molar-refractivity contribution >= 4 is 22.9 Å². The Kier molecular flexibility index (Phi) is 4.60. The lowest BCUT2D eigenvalue weighted by atomic mass is 10.1. The lowest BCUT2D eigenvalue weighted by Crippen LogP contribution is -2.54. The van der Waals surface area contributed by atoms with E-state index in [1.807, 2.05) is 24.3 Å². The first-order chi connectivity index (χ1) is 10.1. The van der Waals surface area contributed by atoms with Crippen molar-refractivity contribution in [3.63, 3.8) is 0 Å². The highest BCUT2D eigenvalue weighted by Crippen LogP contribution is 2.30. The number of hydrogen-bond acceptors (Lipinski definition) is 4. The standard InChI is InChI=1S/C16H20ClN3S/c1-11-7-18-8-12(2)20(11)9-13-10-21-16(19-13)14-5-3-4-6-15(14)17/h3-6,10-12,18H,7-9H2,1-2H3. The Hall–Kier alpha value is -0.940. The van der Waals surface area contributed by atoms with Crippen molar-refractivity contribution in [3.8, 4) is 10.6 Å². The lowest BCUT2D eigenvalue weighted by Gasteiger charge is -2.38. The largest absolute Gasteiger partial charge is 0.314 e. The third-order valence-corrected chi connectivity index (χ3v) is 5.27. The topological polar surface area (TPSA) is 28.2 Å². The molecular formula is C16H20ClN3S. The number of piperazine rings is 1. The summed E-state index contributed by atoms with van der Waals surface area (Å²) in [6.45, 7) is 7.54. The van der Waals surface area contributed by atoms with Crippen LogP contribution in [-0.4, -0.2) is 35.1 Å². The number of thiazole rings is 1. The summed E-state index contributed by atoms with van der Waals surface area (Å²) in [4.78, 5) is 7.29. The molecule has 0 spiro atoms. The molecule has 3 rings (SSSR count). The van der Waals surface area contributed by atoms with Gasteiger partial charge in [-0.3, -0.25) is 4.90 Å². The monoisotopic (exact) mass is 321 g/mol. The van der Waals surface area contributed by atoms with Crippen molar-refractivity contribution in [1.82, 2.24) is 15.2 Å². The van der Waals surface area contributed by atoms with E-state index in [0.29, 0.717) is 12.1 Å². The van der Waals surface area contributed by atoms with Crippen molar-refractivity contribution < 1.29 is 0 Å². The second-order valence-corrected chi connectivity index (χ2v) is 6.92. The normalized spacial score (nSPS) is 23.4. The number of benzene rings is 1. The van der Waals surface area contributed by atoms with Crippen LogP contribution in [0.2, 0.25) is 5.02 Å². The molecule has 1 aromatic carbocycles. The summed E-state index contributed by atoms with van der Waals surface area (Å²) in [5.74, 6) is 0. The van der Waals surface area contributed by atoms with Gasteiger partial charge in [-0.25, -0.2) is 4.98 Å². The van der Waals surface area contributed by atoms with Crippen LogP contribution in [0.25, 0.3) is 10.6 Å². The average molecular weight is 322 g/mol. The van der Waals surface area contributed by atoms with E-state index in [4.69, 9.17) is 16.6 Å². The summed E-state index contributed by atoms with van der Waals surface area (Å²) in [6, 6.07) is 8.98.